The minimum Gasteiger partial charge on any atom is -0.494 e. The van der Waals surface area contributed by atoms with Gasteiger partial charge >= 0.3 is 6.18 Å². The maximum Gasteiger partial charge on any atom is 0.416 e. The molecule has 1 aromatic carbocycles. The van der Waals surface area contributed by atoms with E-state index >= 15 is 0 Å². The van der Waals surface area contributed by atoms with E-state index in [0.717, 1.165) is 6.07 Å². The summed E-state index contributed by atoms with van der Waals surface area (Å²) in [6.07, 6.45) is -4.37. The van der Waals surface area contributed by atoms with Gasteiger partial charge in [0.25, 0.3) is 0 Å². The fourth-order valence-corrected chi connectivity index (χ4v) is 2.58. The van der Waals surface area contributed by atoms with Crippen LogP contribution in [-0.4, -0.2) is 19.7 Å². The highest BCUT2D eigenvalue weighted by atomic mass is 19.4. The second-order valence-corrected chi connectivity index (χ2v) is 5.56. The van der Waals surface area contributed by atoms with Crippen molar-refractivity contribution < 1.29 is 17.9 Å². The summed E-state index contributed by atoms with van der Waals surface area (Å²) >= 11 is 0. The third-order valence-corrected chi connectivity index (χ3v) is 4.27. The lowest BCUT2D eigenvalue weighted by atomic mass is 9.79. The second kappa shape index (κ2) is 7.83. The minimum atomic E-state index is -4.37. The number of hydrogen-bond donors (Lipinski definition) is 2. The summed E-state index contributed by atoms with van der Waals surface area (Å²) in [7, 11) is 0. The quantitative estimate of drug-likeness (QED) is 0.810. The van der Waals surface area contributed by atoms with Gasteiger partial charge in [-0.25, -0.2) is 0 Å². The molecule has 0 spiro atoms. The van der Waals surface area contributed by atoms with E-state index in [0.29, 0.717) is 31.0 Å². The molecule has 22 heavy (non-hydrogen) atoms. The Bertz CT molecular complexity index is 473. The Hall–Kier alpha value is -1.27. The smallest absolute Gasteiger partial charge is 0.416 e. The Morgan fingerprint density at radius 2 is 1.73 bits per heavy atom. The number of nitrogens with two attached hydrogens (primary N) is 2. The van der Waals surface area contributed by atoms with Crippen molar-refractivity contribution >= 4 is 0 Å². The second-order valence-electron chi connectivity index (χ2n) is 5.56. The summed E-state index contributed by atoms with van der Waals surface area (Å²) in [6, 6.07) is 3.62. The Balaban J connectivity index is 3.22. The molecule has 6 heteroatoms. The molecule has 126 valence electrons. The van der Waals surface area contributed by atoms with Crippen LogP contribution >= 0.6 is 0 Å². The topological polar surface area (TPSA) is 61.3 Å². The zero-order chi connectivity index (χ0) is 16.9. The van der Waals surface area contributed by atoms with Crippen molar-refractivity contribution in [1.29, 1.82) is 0 Å². The molecule has 4 N–H and O–H groups in total. The molecule has 2 unspecified atom stereocenters. The number of rotatable bonds is 7. The molecule has 0 aliphatic carbocycles. The predicted octanol–water partition coefficient (Wildman–Crippen LogP) is 3.38. The summed E-state index contributed by atoms with van der Waals surface area (Å²) < 4.78 is 44.4. The van der Waals surface area contributed by atoms with Crippen LogP contribution in [0.1, 0.15) is 37.8 Å². The molecule has 0 radical (unpaired) electrons. The third-order valence-electron chi connectivity index (χ3n) is 4.27. The van der Waals surface area contributed by atoms with E-state index in [2.05, 4.69) is 0 Å². The highest BCUT2D eigenvalue weighted by molar-refractivity contribution is 5.41. The molecule has 3 nitrogen and oxygen atoms in total. The van der Waals surface area contributed by atoms with Gasteiger partial charge in [-0.3, -0.25) is 0 Å². The first-order chi connectivity index (χ1) is 10.3. The van der Waals surface area contributed by atoms with E-state index in [1.807, 2.05) is 13.8 Å². The van der Waals surface area contributed by atoms with Gasteiger partial charge in [-0.05, 0) is 61.5 Å². The fraction of sp³-hybridized carbons (Fsp3) is 0.625. The van der Waals surface area contributed by atoms with Crippen molar-refractivity contribution in [1.82, 2.24) is 0 Å². The molecule has 0 aromatic heterocycles. The zero-order valence-corrected chi connectivity index (χ0v) is 13.3. The van der Waals surface area contributed by atoms with Crippen LogP contribution in [0.15, 0.2) is 18.2 Å². The van der Waals surface area contributed by atoms with Crippen molar-refractivity contribution in [2.75, 3.05) is 19.7 Å². The van der Waals surface area contributed by atoms with Crippen molar-refractivity contribution in [2.45, 2.75) is 32.9 Å². The van der Waals surface area contributed by atoms with Crippen molar-refractivity contribution in [3.8, 4) is 5.75 Å². The van der Waals surface area contributed by atoms with Gasteiger partial charge in [0, 0.05) is 0 Å². The highest BCUT2D eigenvalue weighted by Gasteiger charge is 2.33. The lowest BCUT2D eigenvalue weighted by Crippen LogP contribution is -2.31. The molecule has 0 heterocycles. The lowest BCUT2D eigenvalue weighted by molar-refractivity contribution is -0.137. The first kappa shape index (κ1) is 18.8. The van der Waals surface area contributed by atoms with Gasteiger partial charge in [-0.1, -0.05) is 13.8 Å². The highest BCUT2D eigenvalue weighted by Crippen LogP contribution is 2.39. The molecule has 0 aliphatic heterocycles. The Morgan fingerprint density at radius 1 is 1.14 bits per heavy atom. The number of ether oxygens (including phenoxy) is 1. The van der Waals surface area contributed by atoms with Crippen LogP contribution in [0.3, 0.4) is 0 Å². The summed E-state index contributed by atoms with van der Waals surface area (Å²) in [4.78, 5) is 0. The predicted molar refractivity (Wildman–Crippen MR) is 81.8 cm³/mol. The summed E-state index contributed by atoms with van der Waals surface area (Å²) in [5.41, 5.74) is 11.3. The van der Waals surface area contributed by atoms with Crippen LogP contribution in [0.4, 0.5) is 13.2 Å². The number of halogens is 3. The van der Waals surface area contributed by atoms with Gasteiger partial charge < -0.3 is 16.2 Å². The van der Waals surface area contributed by atoms with Crippen molar-refractivity contribution in [3.05, 3.63) is 29.3 Å². The summed E-state index contributed by atoms with van der Waals surface area (Å²) in [5.74, 6) is 0.459. The van der Waals surface area contributed by atoms with Gasteiger partial charge in [0.1, 0.15) is 5.75 Å². The Morgan fingerprint density at radius 3 is 2.18 bits per heavy atom. The lowest BCUT2D eigenvalue weighted by Gasteiger charge is -2.29. The Labute approximate surface area is 129 Å². The van der Waals surface area contributed by atoms with E-state index in [1.54, 1.807) is 6.92 Å². The average Bonchev–Trinajstić information content (AvgIpc) is 2.47. The maximum atomic E-state index is 13.0. The van der Waals surface area contributed by atoms with Crippen LogP contribution < -0.4 is 16.2 Å². The van der Waals surface area contributed by atoms with E-state index in [-0.39, 0.29) is 17.8 Å². The summed E-state index contributed by atoms with van der Waals surface area (Å²) in [6.45, 7) is 6.87. The summed E-state index contributed by atoms with van der Waals surface area (Å²) in [5, 5.41) is 0. The largest absolute Gasteiger partial charge is 0.494 e. The van der Waals surface area contributed by atoms with Gasteiger partial charge in [0.2, 0.25) is 0 Å². The van der Waals surface area contributed by atoms with Crippen LogP contribution in [0.25, 0.3) is 0 Å². The SMILES string of the molecule is CCOc1ccc(C(F)(F)F)cc1C(C)C(C)C(CN)CN. The first-order valence-corrected chi connectivity index (χ1v) is 7.50. The molecular formula is C16H25F3N2O. The fourth-order valence-electron chi connectivity index (χ4n) is 2.58. The van der Waals surface area contributed by atoms with Gasteiger partial charge in [0.05, 0.1) is 12.2 Å². The van der Waals surface area contributed by atoms with Gasteiger partial charge in [0.15, 0.2) is 0 Å². The maximum absolute atomic E-state index is 13.0. The number of benzene rings is 1. The van der Waals surface area contributed by atoms with E-state index in [1.165, 1.54) is 12.1 Å². The van der Waals surface area contributed by atoms with Crippen LogP contribution in [0.2, 0.25) is 0 Å². The van der Waals surface area contributed by atoms with Crippen LogP contribution in [0, 0.1) is 11.8 Å². The van der Waals surface area contributed by atoms with Crippen LogP contribution in [0.5, 0.6) is 5.75 Å². The third kappa shape index (κ3) is 4.36. The molecule has 0 fully saturated rings. The molecule has 1 rings (SSSR count). The monoisotopic (exact) mass is 318 g/mol. The molecule has 0 amide bonds. The standard InChI is InChI=1S/C16H25F3N2O/c1-4-22-15-6-5-13(16(17,18)19)7-14(15)11(3)10(2)12(8-20)9-21/h5-7,10-12H,4,8-9,20-21H2,1-3H3. The zero-order valence-electron chi connectivity index (χ0n) is 13.3. The van der Waals surface area contributed by atoms with E-state index in [9.17, 15) is 13.2 Å². The Kier molecular flexibility index (Phi) is 6.68. The van der Waals surface area contributed by atoms with Crippen molar-refractivity contribution in [2.24, 2.45) is 23.3 Å². The van der Waals surface area contributed by atoms with Crippen molar-refractivity contribution in [3.63, 3.8) is 0 Å². The molecule has 0 saturated carbocycles. The first-order valence-electron chi connectivity index (χ1n) is 7.50. The average molecular weight is 318 g/mol. The number of hydrogen-bond acceptors (Lipinski definition) is 3. The van der Waals surface area contributed by atoms with Gasteiger partial charge in [-0.2, -0.15) is 13.2 Å². The molecule has 0 aliphatic rings. The molecule has 2 atom stereocenters. The number of alkyl halides is 3. The minimum absolute atomic E-state index is 0.0534. The normalized spacial score (nSPS) is 15.0. The molecular weight excluding hydrogens is 293 g/mol. The van der Waals surface area contributed by atoms with E-state index in [4.69, 9.17) is 16.2 Å². The molecule has 1 aromatic rings. The van der Waals surface area contributed by atoms with Gasteiger partial charge in [-0.15, -0.1) is 0 Å². The molecule has 0 bridgehead atoms. The van der Waals surface area contributed by atoms with E-state index < -0.39 is 11.7 Å². The molecule has 0 saturated heterocycles. The van der Waals surface area contributed by atoms with Crippen LogP contribution in [-0.2, 0) is 6.18 Å².